The van der Waals surface area contributed by atoms with Gasteiger partial charge in [-0.05, 0) is 35.4 Å². The molecule has 0 fully saturated rings. The number of aromatic nitrogens is 4. The molecule has 0 saturated carbocycles. The fourth-order valence-corrected chi connectivity index (χ4v) is 3.65. The van der Waals surface area contributed by atoms with Crippen LogP contribution in [0, 0.1) is 5.82 Å². The summed E-state index contributed by atoms with van der Waals surface area (Å²) in [7, 11) is 0. The number of halogens is 1. The Morgan fingerprint density at radius 1 is 0.781 bits per heavy atom. The van der Waals surface area contributed by atoms with E-state index < -0.39 is 0 Å². The van der Waals surface area contributed by atoms with Crippen LogP contribution in [0.15, 0.2) is 104 Å². The maximum absolute atomic E-state index is 14.8. The Hall–Kier alpha value is -4.32. The Labute approximate surface area is 185 Å². The number of anilines is 1. The van der Waals surface area contributed by atoms with E-state index >= 15 is 0 Å². The van der Waals surface area contributed by atoms with E-state index in [1.54, 1.807) is 41.6 Å². The smallest absolute Gasteiger partial charge is 0.144 e. The van der Waals surface area contributed by atoms with Crippen molar-refractivity contribution >= 4 is 5.82 Å². The first-order valence-electron chi connectivity index (χ1n) is 10.3. The number of nitrogens with one attached hydrogen (secondary N) is 1. The van der Waals surface area contributed by atoms with Crippen LogP contribution in [0.1, 0.15) is 5.56 Å². The minimum atomic E-state index is -0.295. The predicted molar refractivity (Wildman–Crippen MR) is 124 cm³/mol. The standard InChI is InChI=1S/C26H20FN5/c27-24-9-5-4-8-23(24)26-21(16-30-25-18-28-14-15-29-25)17-31-32(26)22-12-10-20(11-13-22)19-6-2-1-3-7-19/h1-15,17-18H,16H2,(H,29,30). The number of benzene rings is 3. The van der Waals surface area contributed by atoms with Gasteiger partial charge in [0.25, 0.3) is 0 Å². The summed E-state index contributed by atoms with van der Waals surface area (Å²) in [5.41, 5.74) is 5.16. The van der Waals surface area contributed by atoms with Crippen LogP contribution in [0.25, 0.3) is 28.1 Å². The first-order valence-corrected chi connectivity index (χ1v) is 10.3. The van der Waals surface area contributed by atoms with Crippen molar-refractivity contribution < 1.29 is 4.39 Å². The third kappa shape index (κ3) is 3.98. The van der Waals surface area contributed by atoms with Crippen molar-refractivity contribution in [2.75, 3.05) is 5.32 Å². The van der Waals surface area contributed by atoms with Crippen LogP contribution >= 0.6 is 0 Å². The fourth-order valence-electron chi connectivity index (χ4n) is 3.65. The van der Waals surface area contributed by atoms with Crippen LogP contribution in [-0.2, 0) is 6.54 Å². The molecule has 0 spiro atoms. The normalized spacial score (nSPS) is 10.8. The van der Waals surface area contributed by atoms with Crippen LogP contribution in [-0.4, -0.2) is 19.7 Å². The first-order chi connectivity index (χ1) is 15.8. The quantitative estimate of drug-likeness (QED) is 0.379. The Morgan fingerprint density at radius 3 is 2.28 bits per heavy atom. The third-order valence-electron chi connectivity index (χ3n) is 5.22. The van der Waals surface area contributed by atoms with Crippen molar-refractivity contribution in [1.29, 1.82) is 0 Å². The number of hydrogen-bond acceptors (Lipinski definition) is 4. The van der Waals surface area contributed by atoms with E-state index in [-0.39, 0.29) is 5.82 Å². The summed E-state index contributed by atoms with van der Waals surface area (Å²) >= 11 is 0. The van der Waals surface area contributed by atoms with Crippen molar-refractivity contribution in [1.82, 2.24) is 19.7 Å². The summed E-state index contributed by atoms with van der Waals surface area (Å²) < 4.78 is 16.6. The summed E-state index contributed by atoms with van der Waals surface area (Å²) in [5.74, 6) is 0.350. The van der Waals surface area contributed by atoms with E-state index in [2.05, 4.69) is 44.6 Å². The van der Waals surface area contributed by atoms with Crippen LogP contribution < -0.4 is 5.32 Å². The van der Waals surface area contributed by atoms with Crippen molar-refractivity contribution in [2.45, 2.75) is 6.54 Å². The Bertz CT molecular complexity index is 1320. The molecular weight excluding hydrogens is 401 g/mol. The molecule has 0 aliphatic carbocycles. The SMILES string of the molecule is Fc1ccccc1-c1c(CNc2cnccn2)cnn1-c1ccc(-c2ccccc2)cc1. The van der Waals surface area contributed by atoms with Gasteiger partial charge in [0.15, 0.2) is 0 Å². The van der Waals surface area contributed by atoms with Gasteiger partial charge >= 0.3 is 0 Å². The van der Waals surface area contributed by atoms with Gasteiger partial charge in [0.1, 0.15) is 11.6 Å². The highest BCUT2D eigenvalue weighted by Crippen LogP contribution is 2.30. The molecule has 5 rings (SSSR count). The predicted octanol–water partition coefficient (Wildman–Crippen LogP) is 5.75. The molecule has 0 saturated heterocycles. The molecule has 0 aliphatic rings. The molecule has 0 atom stereocenters. The number of nitrogens with zero attached hydrogens (tertiary/aromatic N) is 4. The van der Waals surface area contributed by atoms with Crippen molar-refractivity contribution in [3.8, 4) is 28.1 Å². The molecule has 2 aromatic heterocycles. The van der Waals surface area contributed by atoms with Crippen LogP contribution in [0.5, 0.6) is 0 Å². The van der Waals surface area contributed by atoms with Crippen molar-refractivity contribution in [3.63, 3.8) is 0 Å². The molecule has 0 radical (unpaired) electrons. The molecule has 0 amide bonds. The van der Waals surface area contributed by atoms with E-state index in [0.717, 1.165) is 22.4 Å². The van der Waals surface area contributed by atoms with Gasteiger partial charge in [0, 0.05) is 30.1 Å². The number of rotatable bonds is 6. The highest BCUT2D eigenvalue weighted by molar-refractivity contribution is 5.69. The highest BCUT2D eigenvalue weighted by Gasteiger charge is 2.17. The van der Waals surface area contributed by atoms with Crippen LogP contribution in [0.3, 0.4) is 0 Å². The Balaban J connectivity index is 1.53. The average Bonchev–Trinajstić information content (AvgIpc) is 3.28. The summed E-state index contributed by atoms with van der Waals surface area (Å²) in [6.45, 7) is 0.435. The molecule has 3 aromatic carbocycles. The number of hydrogen-bond donors (Lipinski definition) is 1. The molecular formula is C26H20FN5. The van der Waals surface area contributed by atoms with Gasteiger partial charge in [0.05, 0.1) is 23.8 Å². The molecule has 0 aliphatic heterocycles. The van der Waals surface area contributed by atoms with Crippen molar-refractivity contribution in [3.05, 3.63) is 115 Å². The minimum Gasteiger partial charge on any atom is -0.365 e. The van der Waals surface area contributed by atoms with Gasteiger partial charge in [-0.1, -0.05) is 54.6 Å². The van der Waals surface area contributed by atoms with E-state index in [0.29, 0.717) is 23.6 Å². The average molecular weight is 421 g/mol. The zero-order valence-electron chi connectivity index (χ0n) is 17.2. The zero-order valence-corrected chi connectivity index (χ0v) is 17.2. The minimum absolute atomic E-state index is 0.295. The molecule has 0 bridgehead atoms. The van der Waals surface area contributed by atoms with E-state index in [9.17, 15) is 4.39 Å². The summed E-state index contributed by atoms with van der Waals surface area (Å²) in [6, 6.07) is 25.0. The summed E-state index contributed by atoms with van der Waals surface area (Å²) in [5, 5.41) is 7.83. The molecule has 5 aromatic rings. The zero-order chi connectivity index (χ0) is 21.8. The molecule has 5 nitrogen and oxygen atoms in total. The monoisotopic (exact) mass is 421 g/mol. The fraction of sp³-hybridized carbons (Fsp3) is 0.0385. The molecule has 1 N–H and O–H groups in total. The van der Waals surface area contributed by atoms with E-state index in [1.165, 1.54) is 6.07 Å². The second kappa shape index (κ2) is 8.81. The van der Waals surface area contributed by atoms with Crippen molar-refractivity contribution in [2.24, 2.45) is 0 Å². The van der Waals surface area contributed by atoms with Crippen LogP contribution in [0.2, 0.25) is 0 Å². The second-order valence-corrected chi connectivity index (χ2v) is 7.27. The molecule has 2 heterocycles. The molecule has 156 valence electrons. The van der Waals surface area contributed by atoms with Gasteiger partial charge < -0.3 is 5.32 Å². The molecule has 6 heteroatoms. The largest absolute Gasteiger partial charge is 0.365 e. The van der Waals surface area contributed by atoms with Gasteiger partial charge in [-0.3, -0.25) is 4.98 Å². The molecule has 32 heavy (non-hydrogen) atoms. The molecule has 0 unspecified atom stereocenters. The van der Waals surface area contributed by atoms with Gasteiger partial charge in [-0.15, -0.1) is 0 Å². The van der Waals surface area contributed by atoms with E-state index in [4.69, 9.17) is 0 Å². The lowest BCUT2D eigenvalue weighted by Crippen LogP contribution is -2.05. The van der Waals surface area contributed by atoms with Gasteiger partial charge in [0.2, 0.25) is 0 Å². The van der Waals surface area contributed by atoms with Crippen LogP contribution in [0.4, 0.5) is 10.2 Å². The second-order valence-electron chi connectivity index (χ2n) is 7.27. The maximum atomic E-state index is 14.8. The first kappa shape index (κ1) is 19.6. The summed E-state index contributed by atoms with van der Waals surface area (Å²) in [4.78, 5) is 8.31. The highest BCUT2D eigenvalue weighted by atomic mass is 19.1. The van der Waals surface area contributed by atoms with Gasteiger partial charge in [-0.25, -0.2) is 14.1 Å². The maximum Gasteiger partial charge on any atom is 0.144 e. The van der Waals surface area contributed by atoms with Gasteiger partial charge in [-0.2, -0.15) is 5.10 Å². The summed E-state index contributed by atoms with van der Waals surface area (Å²) in [6.07, 6.45) is 6.65. The lowest BCUT2D eigenvalue weighted by molar-refractivity contribution is 0.629. The Kier molecular flexibility index (Phi) is 5.41. The Morgan fingerprint density at radius 2 is 1.53 bits per heavy atom. The third-order valence-corrected chi connectivity index (χ3v) is 5.22. The lowest BCUT2D eigenvalue weighted by Gasteiger charge is -2.12. The topological polar surface area (TPSA) is 55.6 Å². The lowest BCUT2D eigenvalue weighted by atomic mass is 10.0. The van der Waals surface area contributed by atoms with E-state index in [1.807, 2.05) is 36.4 Å².